The number of hydrazine groups is 1. The maximum Gasteiger partial charge on any atom is 0.242 e. The Balaban J connectivity index is 1.43. The van der Waals surface area contributed by atoms with E-state index in [0.29, 0.717) is 13.2 Å². The second-order valence-corrected chi connectivity index (χ2v) is 8.99. The SMILES string of the molecule is CN(C)CCOc1ccc(NC2NC(N3CCCCCC3)NC3CNNC(=O)C32)cc1. The van der Waals surface area contributed by atoms with Gasteiger partial charge in [0.2, 0.25) is 5.91 Å². The van der Waals surface area contributed by atoms with Crippen molar-refractivity contribution in [2.75, 3.05) is 52.2 Å². The molecule has 3 heterocycles. The first-order valence-corrected chi connectivity index (χ1v) is 11.5. The number of ether oxygens (including phenoxy) is 1. The Hall–Kier alpha value is -1.91. The van der Waals surface area contributed by atoms with Gasteiger partial charge in [-0.1, -0.05) is 12.8 Å². The monoisotopic (exact) mass is 431 g/mol. The van der Waals surface area contributed by atoms with E-state index in [1.54, 1.807) is 0 Å². The van der Waals surface area contributed by atoms with Crippen molar-refractivity contribution < 1.29 is 9.53 Å². The number of likely N-dealkylation sites (N-methyl/N-ethyl adjacent to an activating group) is 1. The quantitative estimate of drug-likeness (QED) is 0.422. The highest BCUT2D eigenvalue weighted by atomic mass is 16.5. The zero-order chi connectivity index (χ0) is 21.6. The van der Waals surface area contributed by atoms with Crippen LogP contribution in [0.2, 0.25) is 0 Å². The molecule has 0 aliphatic carbocycles. The number of benzene rings is 1. The van der Waals surface area contributed by atoms with Crippen molar-refractivity contribution in [3.05, 3.63) is 24.3 Å². The molecule has 0 bridgehead atoms. The number of fused-ring (bicyclic) bond motifs is 1. The van der Waals surface area contributed by atoms with E-state index in [9.17, 15) is 4.79 Å². The molecule has 0 radical (unpaired) electrons. The second kappa shape index (κ2) is 10.6. The Morgan fingerprint density at radius 1 is 1.10 bits per heavy atom. The van der Waals surface area contributed by atoms with Crippen molar-refractivity contribution in [2.45, 2.75) is 44.2 Å². The molecule has 4 unspecified atom stereocenters. The fourth-order valence-electron chi connectivity index (χ4n) is 4.58. The van der Waals surface area contributed by atoms with E-state index >= 15 is 0 Å². The molecule has 31 heavy (non-hydrogen) atoms. The zero-order valence-corrected chi connectivity index (χ0v) is 18.7. The topological polar surface area (TPSA) is 92.9 Å². The molecule has 3 saturated heterocycles. The molecule has 1 amide bonds. The van der Waals surface area contributed by atoms with Gasteiger partial charge in [-0.2, -0.15) is 0 Å². The average molecular weight is 432 g/mol. The fourth-order valence-corrected chi connectivity index (χ4v) is 4.58. The third kappa shape index (κ3) is 5.87. The first-order valence-electron chi connectivity index (χ1n) is 11.5. The first kappa shape index (κ1) is 22.3. The molecule has 0 aromatic heterocycles. The van der Waals surface area contributed by atoms with Crippen molar-refractivity contribution in [1.29, 1.82) is 0 Å². The van der Waals surface area contributed by atoms with Crippen molar-refractivity contribution in [3.8, 4) is 5.75 Å². The lowest BCUT2D eigenvalue weighted by Crippen LogP contribution is -2.76. The van der Waals surface area contributed by atoms with E-state index in [-0.39, 0.29) is 30.3 Å². The van der Waals surface area contributed by atoms with Gasteiger partial charge < -0.3 is 15.0 Å². The number of carbonyl (C=O) groups excluding carboxylic acids is 1. The standard InChI is InChI=1S/C22H37N7O2/c1-28(2)13-14-31-17-9-7-16(8-10-17)24-20-19-18(15-23-27-21(19)30)25-22(26-20)29-11-5-3-4-6-12-29/h7-10,18-20,22-26H,3-6,11-15H2,1-2H3,(H,27,30). The average Bonchev–Trinajstić information content (AvgIpc) is 3.04. The lowest BCUT2D eigenvalue weighted by atomic mass is 9.91. The van der Waals surface area contributed by atoms with Crippen LogP contribution in [0.25, 0.3) is 0 Å². The first-order chi connectivity index (χ1) is 15.1. The number of rotatable bonds is 7. The van der Waals surface area contributed by atoms with E-state index < -0.39 is 0 Å². The molecule has 172 valence electrons. The number of carbonyl (C=O) groups is 1. The van der Waals surface area contributed by atoms with Crippen molar-refractivity contribution in [2.24, 2.45) is 5.92 Å². The third-order valence-electron chi connectivity index (χ3n) is 6.33. The van der Waals surface area contributed by atoms with Gasteiger partial charge in [-0.3, -0.25) is 25.8 Å². The lowest BCUT2D eigenvalue weighted by Gasteiger charge is -2.48. The minimum atomic E-state index is -0.208. The van der Waals surface area contributed by atoms with Crippen LogP contribution in [0.1, 0.15) is 25.7 Å². The Morgan fingerprint density at radius 3 is 2.55 bits per heavy atom. The third-order valence-corrected chi connectivity index (χ3v) is 6.33. The van der Waals surface area contributed by atoms with E-state index in [1.165, 1.54) is 25.7 Å². The number of nitrogens with one attached hydrogen (secondary N) is 5. The fraction of sp³-hybridized carbons (Fsp3) is 0.682. The number of hydrogen-bond acceptors (Lipinski definition) is 8. The summed E-state index contributed by atoms with van der Waals surface area (Å²) in [6.45, 7) is 4.40. The number of amides is 1. The highest BCUT2D eigenvalue weighted by Gasteiger charge is 2.44. The van der Waals surface area contributed by atoms with Gasteiger partial charge in [0, 0.05) is 37.9 Å². The maximum absolute atomic E-state index is 12.7. The molecular formula is C22H37N7O2. The van der Waals surface area contributed by atoms with Crippen LogP contribution >= 0.6 is 0 Å². The van der Waals surface area contributed by atoms with E-state index in [1.807, 2.05) is 38.4 Å². The van der Waals surface area contributed by atoms with Gasteiger partial charge >= 0.3 is 0 Å². The number of hydrogen-bond donors (Lipinski definition) is 5. The van der Waals surface area contributed by atoms with E-state index in [0.717, 1.165) is 31.1 Å². The summed E-state index contributed by atoms with van der Waals surface area (Å²) in [6.07, 6.45) is 4.92. The van der Waals surface area contributed by atoms with Crippen LogP contribution in [-0.4, -0.2) is 81.1 Å². The van der Waals surface area contributed by atoms with Crippen LogP contribution in [0.3, 0.4) is 0 Å². The van der Waals surface area contributed by atoms with Crippen LogP contribution in [0, 0.1) is 5.92 Å². The van der Waals surface area contributed by atoms with Gasteiger partial charge in [0.15, 0.2) is 0 Å². The van der Waals surface area contributed by atoms with Gasteiger partial charge in [-0.05, 0) is 51.2 Å². The molecule has 0 saturated carbocycles. The molecule has 4 atom stereocenters. The second-order valence-electron chi connectivity index (χ2n) is 8.99. The molecule has 3 aliphatic rings. The lowest BCUT2D eigenvalue weighted by molar-refractivity contribution is -0.132. The van der Waals surface area contributed by atoms with Crippen LogP contribution in [-0.2, 0) is 4.79 Å². The molecule has 3 fully saturated rings. The summed E-state index contributed by atoms with van der Waals surface area (Å²) in [6, 6.07) is 8.05. The number of anilines is 1. The van der Waals surface area contributed by atoms with Gasteiger partial charge in [0.05, 0.1) is 12.1 Å². The Labute approximate surface area is 185 Å². The zero-order valence-electron chi connectivity index (χ0n) is 18.7. The summed E-state index contributed by atoms with van der Waals surface area (Å²) >= 11 is 0. The summed E-state index contributed by atoms with van der Waals surface area (Å²) in [5.41, 5.74) is 6.80. The molecule has 3 aliphatic heterocycles. The highest BCUT2D eigenvalue weighted by Crippen LogP contribution is 2.24. The highest BCUT2D eigenvalue weighted by molar-refractivity contribution is 5.81. The van der Waals surface area contributed by atoms with Crippen molar-refractivity contribution >= 4 is 11.6 Å². The Kier molecular flexibility index (Phi) is 7.62. The Bertz CT molecular complexity index is 706. The molecule has 4 rings (SSSR count). The largest absolute Gasteiger partial charge is 0.492 e. The summed E-state index contributed by atoms with van der Waals surface area (Å²) in [7, 11) is 4.07. The summed E-state index contributed by atoms with van der Waals surface area (Å²) < 4.78 is 5.80. The van der Waals surface area contributed by atoms with Crippen LogP contribution in [0.4, 0.5) is 5.69 Å². The number of nitrogens with zero attached hydrogens (tertiary/aromatic N) is 2. The van der Waals surface area contributed by atoms with Gasteiger partial charge in [-0.15, -0.1) is 0 Å². The Morgan fingerprint density at radius 2 is 1.84 bits per heavy atom. The van der Waals surface area contributed by atoms with Gasteiger partial charge in [0.25, 0.3) is 0 Å². The smallest absolute Gasteiger partial charge is 0.242 e. The van der Waals surface area contributed by atoms with Crippen LogP contribution < -0.4 is 31.5 Å². The van der Waals surface area contributed by atoms with E-state index in [4.69, 9.17) is 4.74 Å². The predicted molar refractivity (Wildman–Crippen MR) is 121 cm³/mol. The molecule has 0 spiro atoms. The molecule has 5 N–H and O–H groups in total. The van der Waals surface area contributed by atoms with Crippen LogP contribution in [0.5, 0.6) is 5.75 Å². The summed E-state index contributed by atoms with van der Waals surface area (Å²) in [5, 5.41) is 10.9. The minimum absolute atomic E-state index is 0.00621. The van der Waals surface area contributed by atoms with E-state index in [2.05, 4.69) is 36.6 Å². The van der Waals surface area contributed by atoms with Gasteiger partial charge in [0.1, 0.15) is 18.6 Å². The summed E-state index contributed by atoms with van der Waals surface area (Å²) in [4.78, 5) is 17.2. The van der Waals surface area contributed by atoms with Crippen molar-refractivity contribution in [1.82, 2.24) is 31.3 Å². The predicted octanol–water partition coefficient (Wildman–Crippen LogP) is 0.337. The number of likely N-dealkylation sites (tertiary alicyclic amines) is 1. The maximum atomic E-state index is 12.7. The molecule has 1 aromatic carbocycles. The minimum Gasteiger partial charge on any atom is -0.492 e. The molecular weight excluding hydrogens is 394 g/mol. The van der Waals surface area contributed by atoms with Crippen LogP contribution in [0.15, 0.2) is 24.3 Å². The molecule has 9 heteroatoms. The molecule has 9 nitrogen and oxygen atoms in total. The van der Waals surface area contributed by atoms with Crippen molar-refractivity contribution in [3.63, 3.8) is 0 Å². The molecule has 1 aromatic rings. The van der Waals surface area contributed by atoms with Gasteiger partial charge in [-0.25, -0.2) is 5.43 Å². The summed E-state index contributed by atoms with van der Waals surface area (Å²) in [5.74, 6) is 0.651. The normalized spacial score (nSPS) is 29.7.